The molecule has 0 bridgehead atoms. The topological polar surface area (TPSA) is 9.86 Å². The summed E-state index contributed by atoms with van der Waals surface area (Å²) in [5, 5.41) is 0. The van der Waals surface area contributed by atoms with Crippen LogP contribution < -0.4 is 0 Å². The van der Waals surface area contributed by atoms with E-state index in [-0.39, 0.29) is 0 Å². The van der Waals surface area contributed by atoms with Gasteiger partial charge in [0.15, 0.2) is 0 Å². The molecule has 0 atom stereocenters. The zero-order valence-electron chi connectivity index (χ0n) is 7.08. The lowest BCUT2D eigenvalue weighted by molar-refractivity contribution is -0.349. The van der Waals surface area contributed by atoms with Crippen LogP contribution in [0.25, 0.3) is 0 Å². The van der Waals surface area contributed by atoms with E-state index >= 15 is 0 Å². The largest absolute Gasteiger partial charge is 0.478 e. The van der Waals surface area contributed by atoms with Crippen LogP contribution in [0.15, 0.2) is 0 Å². The Morgan fingerprint density at radius 3 is 0.941 bits per heavy atom. The van der Waals surface area contributed by atoms with Crippen molar-refractivity contribution < 1.29 is 43.9 Å². The van der Waals surface area contributed by atoms with Crippen LogP contribution in [0.2, 0.25) is 0 Å². The fraction of sp³-hybridized carbons (Fsp3) is 1.00. The van der Waals surface area contributed by atoms with Crippen LogP contribution in [0.3, 0.4) is 0 Å². The first-order chi connectivity index (χ1) is 7.23. The molecule has 0 N–H and O–H groups in total. The summed E-state index contributed by atoms with van der Waals surface area (Å²) in [6.45, 7) is 0. The summed E-state index contributed by atoms with van der Waals surface area (Å²) in [5.41, 5.74) is 0. The monoisotopic (exact) mass is 298 g/mol. The Morgan fingerprint density at radius 1 is 0.529 bits per heavy atom. The first kappa shape index (κ1) is 14.2. The van der Waals surface area contributed by atoms with Gasteiger partial charge in [0, 0.05) is 0 Å². The molecule has 0 saturated carbocycles. The summed E-state index contributed by atoms with van der Waals surface area (Å²) in [4.78, 5) is 0. The number of hydrogen-bond acceptors (Lipinski definition) is 1. The van der Waals surface area contributed by atoms with E-state index in [0.29, 0.717) is 0 Å². The van der Waals surface area contributed by atoms with Gasteiger partial charge in [-0.15, -0.1) is 8.14 Å². The van der Waals surface area contributed by atoms with Gasteiger partial charge in [0.25, 0.3) is 0 Å². The van der Waals surface area contributed by atoms with Crippen LogP contribution in [0.5, 0.6) is 0 Å². The number of halogens is 10. The lowest BCUT2D eigenvalue weighted by Crippen LogP contribution is -2.43. The lowest BCUT2D eigenvalue weighted by atomic mass is 10.5. The van der Waals surface area contributed by atoms with Crippen LogP contribution in [0.4, 0.5) is 43.9 Å². The smallest absolute Gasteiger partial charge is 0.170 e. The Balaban J connectivity index is 3.06. The van der Waals surface area contributed by atoms with Crippen molar-refractivity contribution in [1.82, 2.24) is 8.14 Å². The van der Waals surface area contributed by atoms with Crippen molar-refractivity contribution in [2.75, 3.05) is 0 Å². The fourth-order valence-electron chi connectivity index (χ4n) is 0.605. The van der Waals surface area contributed by atoms with Gasteiger partial charge in [-0.25, -0.2) is 0 Å². The highest BCUT2D eigenvalue weighted by molar-refractivity contribution is 7.05. The summed E-state index contributed by atoms with van der Waals surface area (Å²) in [5.74, 6) is 0. The SMILES string of the molecule is FC(F)(F)C(F)(F)n1sn1C(F)(F)C(F)(F)F. The van der Waals surface area contributed by atoms with E-state index < -0.39 is 44.3 Å². The minimum atomic E-state index is -6.27. The van der Waals surface area contributed by atoms with Crippen molar-refractivity contribution in [3.05, 3.63) is 0 Å². The molecule has 17 heavy (non-hydrogen) atoms. The van der Waals surface area contributed by atoms with Gasteiger partial charge in [-0.1, -0.05) is 0 Å². The van der Waals surface area contributed by atoms with E-state index in [9.17, 15) is 43.9 Å². The van der Waals surface area contributed by atoms with Crippen LogP contribution in [0, 0.1) is 0 Å². The molecule has 1 heterocycles. The van der Waals surface area contributed by atoms with Gasteiger partial charge in [-0.3, -0.25) is 0 Å². The molecule has 1 rings (SSSR count). The second-order valence-corrected chi connectivity index (χ2v) is 3.56. The zero-order chi connectivity index (χ0) is 13.9. The molecule has 0 saturated heterocycles. The molecule has 0 unspecified atom stereocenters. The number of hydrogen-bond donors (Lipinski definition) is 0. The average molecular weight is 298 g/mol. The third-order valence-corrected chi connectivity index (χ3v) is 2.41. The highest BCUT2D eigenvalue weighted by Gasteiger charge is 2.70. The quantitative estimate of drug-likeness (QED) is 0.739. The molecule has 0 aliphatic rings. The third kappa shape index (κ3) is 2.11. The van der Waals surface area contributed by atoms with Crippen LogP contribution in [-0.2, 0) is 12.1 Å². The van der Waals surface area contributed by atoms with Gasteiger partial charge in [-0.2, -0.15) is 43.9 Å². The van der Waals surface area contributed by atoms with E-state index in [4.69, 9.17) is 0 Å². The Hall–Kier alpha value is -0.880. The van der Waals surface area contributed by atoms with Gasteiger partial charge >= 0.3 is 24.4 Å². The summed E-state index contributed by atoms with van der Waals surface area (Å²) < 4.78 is 116. The summed E-state index contributed by atoms with van der Waals surface area (Å²) >= 11 is -1.07. The van der Waals surface area contributed by atoms with Crippen LogP contribution in [-0.4, -0.2) is 20.5 Å². The maximum Gasteiger partial charge on any atom is 0.478 e. The standard InChI is InChI=1S/C4F10N2S/c5-1(6,7)3(11,12)15-16(17-15)4(13,14)2(8,9)10. The van der Waals surface area contributed by atoms with Crippen molar-refractivity contribution in [1.29, 1.82) is 0 Å². The molecular weight excluding hydrogens is 298 g/mol. The molecule has 0 spiro atoms. The second kappa shape index (κ2) is 3.32. The van der Waals surface area contributed by atoms with Gasteiger partial charge in [0.1, 0.15) is 0 Å². The van der Waals surface area contributed by atoms with Crippen LogP contribution in [0.1, 0.15) is 0 Å². The van der Waals surface area contributed by atoms with E-state index in [0.717, 1.165) is 0 Å². The molecule has 1 aromatic heterocycles. The molecule has 0 aliphatic heterocycles. The zero-order valence-corrected chi connectivity index (χ0v) is 7.90. The number of alkyl halides is 10. The van der Waals surface area contributed by atoms with E-state index in [1.165, 1.54) is 0 Å². The predicted molar refractivity (Wildman–Crippen MR) is 32.8 cm³/mol. The molecule has 102 valence electrons. The molecule has 0 fully saturated rings. The van der Waals surface area contributed by atoms with E-state index in [1.807, 2.05) is 0 Å². The molecule has 2 nitrogen and oxygen atoms in total. The highest BCUT2D eigenvalue weighted by Crippen LogP contribution is 2.49. The minimum Gasteiger partial charge on any atom is -0.170 e. The highest BCUT2D eigenvalue weighted by atomic mass is 32.1. The summed E-state index contributed by atoms with van der Waals surface area (Å²) in [6, 6.07) is -11.6. The number of aromatic nitrogens is 2. The Kier molecular flexibility index (Phi) is 2.77. The first-order valence-corrected chi connectivity index (χ1v) is 4.13. The average Bonchev–Trinajstić information content (AvgIpc) is 2.77. The van der Waals surface area contributed by atoms with Gasteiger partial charge in [0.2, 0.25) is 0 Å². The summed E-state index contributed by atoms with van der Waals surface area (Å²) in [6.07, 6.45) is -12.5. The number of nitrogens with zero attached hydrogens (tertiary/aromatic N) is 2. The Bertz CT molecular complexity index is 351. The fourth-order valence-corrected chi connectivity index (χ4v) is 1.34. The maximum absolute atomic E-state index is 12.3. The molecule has 0 radical (unpaired) electrons. The maximum atomic E-state index is 12.3. The molecular formula is C4F10N2S. The van der Waals surface area contributed by atoms with Crippen molar-refractivity contribution in [2.45, 2.75) is 24.4 Å². The Labute approximate surface area is 89.3 Å². The molecule has 13 heteroatoms. The van der Waals surface area contributed by atoms with Gasteiger partial charge in [-0.05, 0) is 0 Å². The predicted octanol–water partition coefficient (Wildman–Crippen LogP) is 3.57. The molecule has 0 amide bonds. The lowest BCUT2D eigenvalue weighted by Gasteiger charge is -2.19. The summed E-state index contributed by atoms with van der Waals surface area (Å²) in [7, 11) is 0. The van der Waals surface area contributed by atoms with Gasteiger partial charge < -0.3 is 0 Å². The normalized spacial score (nSPS) is 15.6. The van der Waals surface area contributed by atoms with Crippen LogP contribution >= 0.6 is 11.7 Å². The van der Waals surface area contributed by atoms with Crippen molar-refractivity contribution in [3.63, 3.8) is 0 Å². The number of rotatable bonds is 2. The first-order valence-electron chi connectivity index (χ1n) is 3.40. The van der Waals surface area contributed by atoms with Crippen molar-refractivity contribution in [3.8, 4) is 0 Å². The second-order valence-electron chi connectivity index (χ2n) is 2.71. The van der Waals surface area contributed by atoms with Crippen molar-refractivity contribution in [2.24, 2.45) is 0 Å². The van der Waals surface area contributed by atoms with Gasteiger partial charge in [0.05, 0.1) is 11.7 Å². The Morgan fingerprint density at radius 2 is 0.765 bits per heavy atom. The molecule has 0 aromatic carbocycles. The van der Waals surface area contributed by atoms with E-state index in [2.05, 4.69) is 0 Å². The van der Waals surface area contributed by atoms with E-state index in [1.54, 1.807) is 0 Å². The molecule has 0 aliphatic carbocycles. The molecule has 1 aromatic rings. The van der Waals surface area contributed by atoms with Crippen molar-refractivity contribution >= 4 is 11.7 Å². The third-order valence-electron chi connectivity index (χ3n) is 1.46. The minimum absolute atomic E-state index is 1.07.